The molecule has 0 heterocycles. The van der Waals surface area contributed by atoms with Gasteiger partial charge < -0.3 is 15.8 Å². The Morgan fingerprint density at radius 1 is 1.35 bits per heavy atom. The number of carbonyl (C=O) groups excluding carboxylic acids is 1. The number of benzene rings is 1. The number of carbonyl (C=O) groups is 1. The van der Waals surface area contributed by atoms with E-state index in [9.17, 15) is 4.79 Å². The van der Waals surface area contributed by atoms with E-state index in [1.807, 2.05) is 39.0 Å². The molecule has 1 aromatic carbocycles. The minimum Gasteiger partial charge on any atom is -0.496 e. The van der Waals surface area contributed by atoms with Crippen LogP contribution >= 0.6 is 28.3 Å². The summed E-state index contributed by atoms with van der Waals surface area (Å²) in [5.41, 5.74) is 6.82. The largest absolute Gasteiger partial charge is 0.496 e. The maximum atomic E-state index is 11.9. The highest BCUT2D eigenvalue weighted by molar-refractivity contribution is 9.10. The minimum absolute atomic E-state index is 0. The Bertz CT molecular complexity index is 455. The van der Waals surface area contributed by atoms with Crippen LogP contribution in [0.1, 0.15) is 32.4 Å². The van der Waals surface area contributed by atoms with E-state index in [2.05, 4.69) is 21.2 Å². The summed E-state index contributed by atoms with van der Waals surface area (Å²) in [4.78, 5) is 11.9. The van der Waals surface area contributed by atoms with Gasteiger partial charge >= 0.3 is 0 Å². The molecule has 0 aliphatic carbocycles. The van der Waals surface area contributed by atoms with E-state index in [4.69, 9.17) is 10.5 Å². The van der Waals surface area contributed by atoms with Crippen molar-refractivity contribution in [3.63, 3.8) is 0 Å². The molecule has 0 aliphatic heterocycles. The Morgan fingerprint density at radius 2 is 1.95 bits per heavy atom. The van der Waals surface area contributed by atoms with Gasteiger partial charge in [-0.05, 0) is 46.5 Å². The van der Waals surface area contributed by atoms with Gasteiger partial charge in [-0.25, -0.2) is 0 Å². The van der Waals surface area contributed by atoms with Gasteiger partial charge in [0.1, 0.15) is 5.75 Å². The lowest BCUT2D eigenvalue weighted by Crippen LogP contribution is -2.44. The number of amides is 1. The van der Waals surface area contributed by atoms with E-state index in [0.717, 1.165) is 15.8 Å². The van der Waals surface area contributed by atoms with Crippen LogP contribution in [-0.4, -0.2) is 19.1 Å². The lowest BCUT2D eigenvalue weighted by Gasteiger charge is -2.20. The van der Waals surface area contributed by atoms with Crippen LogP contribution in [0.5, 0.6) is 5.75 Å². The van der Waals surface area contributed by atoms with Crippen LogP contribution in [0, 0.1) is 5.92 Å². The highest BCUT2D eigenvalue weighted by Crippen LogP contribution is 2.27. The number of rotatable bonds is 5. The molecular formula is C14H22BrClN2O2. The first-order valence-corrected chi connectivity index (χ1v) is 7.05. The molecule has 0 saturated carbocycles. The smallest absolute Gasteiger partial charge is 0.237 e. The lowest BCUT2D eigenvalue weighted by molar-refractivity contribution is -0.123. The standard InChI is InChI=1S/C14H21BrN2O2.ClH/c1-8(2)13(16)14(18)17-9(3)10-5-6-12(19-4)11(15)7-10;/h5-9,13H,16H2,1-4H3,(H,17,18);1H/t9?,13-;/m1./s1. The first-order valence-electron chi connectivity index (χ1n) is 6.26. The molecule has 1 amide bonds. The third kappa shape index (κ3) is 4.96. The molecule has 20 heavy (non-hydrogen) atoms. The van der Waals surface area contributed by atoms with Crippen molar-refractivity contribution in [2.45, 2.75) is 32.9 Å². The molecule has 1 rings (SSSR count). The number of methoxy groups -OCH3 is 1. The molecule has 0 fully saturated rings. The normalized spacial score (nSPS) is 13.3. The van der Waals surface area contributed by atoms with Crippen molar-refractivity contribution < 1.29 is 9.53 Å². The van der Waals surface area contributed by atoms with Gasteiger partial charge in [-0.2, -0.15) is 0 Å². The third-order valence-corrected chi connectivity index (χ3v) is 3.68. The van der Waals surface area contributed by atoms with E-state index >= 15 is 0 Å². The molecule has 0 spiro atoms. The van der Waals surface area contributed by atoms with Crippen LogP contribution in [0.15, 0.2) is 22.7 Å². The topological polar surface area (TPSA) is 64.3 Å². The fourth-order valence-electron chi connectivity index (χ4n) is 1.65. The van der Waals surface area contributed by atoms with Crippen LogP contribution < -0.4 is 15.8 Å². The number of nitrogens with one attached hydrogen (secondary N) is 1. The van der Waals surface area contributed by atoms with E-state index in [0.29, 0.717) is 0 Å². The Balaban J connectivity index is 0.00000361. The predicted octanol–water partition coefficient (Wildman–Crippen LogP) is 3.04. The summed E-state index contributed by atoms with van der Waals surface area (Å²) in [7, 11) is 1.62. The molecular weight excluding hydrogens is 344 g/mol. The zero-order valence-corrected chi connectivity index (χ0v) is 14.5. The Labute approximate surface area is 135 Å². The van der Waals surface area contributed by atoms with E-state index in [1.165, 1.54) is 0 Å². The molecule has 1 aromatic rings. The molecule has 4 nitrogen and oxygen atoms in total. The summed E-state index contributed by atoms with van der Waals surface area (Å²) < 4.78 is 6.04. The van der Waals surface area contributed by atoms with Gasteiger partial charge in [0.05, 0.1) is 23.7 Å². The first kappa shape index (κ1) is 19.2. The van der Waals surface area contributed by atoms with Crippen LogP contribution in [0.25, 0.3) is 0 Å². The maximum Gasteiger partial charge on any atom is 0.237 e. The van der Waals surface area contributed by atoms with Crippen molar-refractivity contribution in [2.24, 2.45) is 11.7 Å². The molecule has 0 aliphatic rings. The summed E-state index contributed by atoms with van der Waals surface area (Å²) in [6.45, 7) is 5.79. The lowest BCUT2D eigenvalue weighted by atomic mass is 10.0. The highest BCUT2D eigenvalue weighted by Gasteiger charge is 2.19. The summed E-state index contributed by atoms with van der Waals surface area (Å²) in [5, 5.41) is 2.92. The van der Waals surface area contributed by atoms with E-state index in [-0.39, 0.29) is 30.3 Å². The average Bonchev–Trinajstić information content (AvgIpc) is 2.37. The number of hydrogen-bond donors (Lipinski definition) is 2. The molecule has 0 saturated heterocycles. The SMILES string of the molecule is COc1ccc(C(C)NC(=O)[C@H](N)C(C)C)cc1Br.Cl. The molecule has 1 unspecified atom stereocenters. The molecule has 3 N–H and O–H groups in total. The van der Waals surface area contributed by atoms with Crippen molar-refractivity contribution in [3.8, 4) is 5.75 Å². The maximum absolute atomic E-state index is 11.9. The zero-order valence-electron chi connectivity index (χ0n) is 12.1. The Morgan fingerprint density at radius 3 is 2.40 bits per heavy atom. The van der Waals surface area contributed by atoms with Crippen molar-refractivity contribution in [1.29, 1.82) is 0 Å². The summed E-state index contributed by atoms with van der Waals surface area (Å²) in [5.74, 6) is 0.755. The highest BCUT2D eigenvalue weighted by atomic mass is 79.9. The van der Waals surface area contributed by atoms with Crippen LogP contribution in [0.2, 0.25) is 0 Å². The van der Waals surface area contributed by atoms with Crippen molar-refractivity contribution >= 4 is 34.2 Å². The van der Waals surface area contributed by atoms with Gasteiger partial charge in [-0.3, -0.25) is 4.79 Å². The van der Waals surface area contributed by atoms with Crippen molar-refractivity contribution in [3.05, 3.63) is 28.2 Å². The average molecular weight is 366 g/mol. The van der Waals surface area contributed by atoms with Gasteiger partial charge in [0, 0.05) is 0 Å². The monoisotopic (exact) mass is 364 g/mol. The zero-order chi connectivity index (χ0) is 14.6. The van der Waals surface area contributed by atoms with Crippen molar-refractivity contribution in [1.82, 2.24) is 5.32 Å². The van der Waals surface area contributed by atoms with Crippen LogP contribution in [0.4, 0.5) is 0 Å². The summed E-state index contributed by atoms with van der Waals surface area (Å²) >= 11 is 3.43. The van der Waals surface area contributed by atoms with E-state index in [1.54, 1.807) is 7.11 Å². The number of ether oxygens (including phenoxy) is 1. The van der Waals surface area contributed by atoms with Crippen LogP contribution in [0.3, 0.4) is 0 Å². The van der Waals surface area contributed by atoms with Crippen LogP contribution in [-0.2, 0) is 4.79 Å². The second-order valence-electron chi connectivity index (χ2n) is 4.89. The fourth-order valence-corrected chi connectivity index (χ4v) is 2.21. The molecule has 0 bridgehead atoms. The molecule has 6 heteroatoms. The van der Waals surface area contributed by atoms with Gasteiger partial charge in [0.2, 0.25) is 5.91 Å². The van der Waals surface area contributed by atoms with E-state index < -0.39 is 6.04 Å². The minimum atomic E-state index is -0.482. The molecule has 0 radical (unpaired) electrons. The third-order valence-electron chi connectivity index (χ3n) is 3.06. The van der Waals surface area contributed by atoms with Crippen molar-refractivity contribution in [2.75, 3.05) is 7.11 Å². The summed E-state index contributed by atoms with van der Waals surface area (Å²) in [6.07, 6.45) is 0. The van der Waals surface area contributed by atoms with Gasteiger partial charge in [0.25, 0.3) is 0 Å². The van der Waals surface area contributed by atoms with Gasteiger partial charge in [0.15, 0.2) is 0 Å². The molecule has 114 valence electrons. The predicted molar refractivity (Wildman–Crippen MR) is 87.3 cm³/mol. The van der Waals surface area contributed by atoms with Gasteiger partial charge in [-0.15, -0.1) is 12.4 Å². The van der Waals surface area contributed by atoms with Gasteiger partial charge in [-0.1, -0.05) is 19.9 Å². The Hall–Kier alpha value is -0.780. The summed E-state index contributed by atoms with van der Waals surface area (Å²) in [6, 6.07) is 5.15. The second-order valence-corrected chi connectivity index (χ2v) is 5.75. The fraction of sp³-hybridized carbons (Fsp3) is 0.500. The Kier molecular flexibility index (Phi) is 8.16. The number of nitrogens with two attached hydrogens (primary N) is 1. The molecule has 0 aromatic heterocycles. The molecule has 2 atom stereocenters. The first-order chi connectivity index (χ1) is 8.86. The quantitative estimate of drug-likeness (QED) is 0.843. The number of halogens is 2. The second kappa shape index (κ2) is 8.49. The number of hydrogen-bond acceptors (Lipinski definition) is 3.